The van der Waals surface area contributed by atoms with Gasteiger partial charge in [0.15, 0.2) is 5.96 Å². The van der Waals surface area contributed by atoms with Gasteiger partial charge in [-0.25, -0.2) is 15.0 Å². The lowest BCUT2D eigenvalue weighted by Crippen LogP contribution is -2.62. The van der Waals surface area contributed by atoms with E-state index >= 15 is 0 Å². The van der Waals surface area contributed by atoms with Gasteiger partial charge in [0, 0.05) is 50.8 Å². The zero-order chi connectivity index (χ0) is 93.2. The molecule has 4 rings (SSSR count). The molecule has 0 saturated carbocycles. The molecule has 688 valence electrons. The van der Waals surface area contributed by atoms with Crippen molar-refractivity contribution in [3.8, 4) is 0 Å². The van der Waals surface area contributed by atoms with Gasteiger partial charge in [0.05, 0.1) is 74.5 Å². The number of rotatable bonds is 58. The first-order valence-corrected chi connectivity index (χ1v) is 40.5. The van der Waals surface area contributed by atoms with Gasteiger partial charge >= 0.3 is 11.9 Å². The molecular weight excluding hydrogens is 1640 g/mol. The number of hydrogen-bond acceptors (Lipinski definition) is 25. The number of nitrogens with one attached hydrogen (secondary N) is 19. The normalized spacial score (nSPS) is 14.7. The molecule has 0 aliphatic carbocycles. The van der Waals surface area contributed by atoms with Crippen molar-refractivity contribution in [3.05, 3.63) is 90.5 Å². The highest BCUT2D eigenvalue weighted by Gasteiger charge is 2.40. The van der Waals surface area contributed by atoms with Crippen LogP contribution in [0.3, 0.4) is 0 Å². The Morgan fingerprint density at radius 2 is 0.800 bits per heavy atom. The molecule has 3 heterocycles. The molecular formula is C77H119N27O21. The van der Waals surface area contributed by atoms with Gasteiger partial charge in [-0.05, 0) is 81.7 Å². The number of guanidine groups is 1. The summed E-state index contributed by atoms with van der Waals surface area (Å²) in [5, 5.41) is 75.1. The largest absolute Gasteiger partial charge is 0.481 e. The van der Waals surface area contributed by atoms with Crippen LogP contribution in [-0.2, 0) is 112 Å². The number of carboxylic acid groups (broad SMARTS) is 2. The maximum absolute atomic E-state index is 14.9. The predicted octanol–water partition coefficient (Wildman–Crippen LogP) is -8.27. The number of amides is 16. The molecule has 0 spiro atoms. The second-order valence-corrected chi connectivity index (χ2v) is 30.6. The molecule has 0 radical (unpaired) electrons. The number of carbonyl (C=O) groups is 18. The number of hydrogen-bond donors (Lipinski definition) is 27. The molecule has 4 aromatic rings. The lowest BCUT2D eigenvalue weighted by molar-refractivity contribution is -0.142. The lowest BCUT2D eigenvalue weighted by Gasteiger charge is -2.28. The van der Waals surface area contributed by atoms with E-state index < -0.39 is 248 Å². The van der Waals surface area contributed by atoms with Gasteiger partial charge in [-0.2, -0.15) is 0 Å². The Balaban J connectivity index is 1.65. The molecule has 32 N–H and O–H groups in total. The van der Waals surface area contributed by atoms with Gasteiger partial charge in [-0.3, -0.25) is 91.7 Å². The van der Waals surface area contributed by atoms with Crippen LogP contribution in [0.2, 0.25) is 0 Å². The summed E-state index contributed by atoms with van der Waals surface area (Å²) in [6.45, 7) is 9.86. The summed E-state index contributed by atoms with van der Waals surface area (Å²) in [6.07, 6.45) is 3.21. The number of aliphatic carboxylic acids is 2. The fourth-order valence-electron chi connectivity index (χ4n) is 12.4. The smallest absolute Gasteiger partial charge is 0.305 e. The van der Waals surface area contributed by atoms with E-state index in [2.05, 4.69) is 110 Å². The van der Waals surface area contributed by atoms with Crippen LogP contribution in [0.5, 0.6) is 0 Å². The number of imidazole rings is 3. The van der Waals surface area contributed by atoms with Gasteiger partial charge in [-0.15, -0.1) is 0 Å². The Morgan fingerprint density at radius 3 is 1.20 bits per heavy atom. The van der Waals surface area contributed by atoms with Crippen molar-refractivity contribution < 1.29 is 102 Å². The summed E-state index contributed by atoms with van der Waals surface area (Å²) in [5.74, 6) is -21.8. The molecule has 0 bridgehead atoms. The number of aromatic nitrogens is 6. The molecule has 0 unspecified atom stereocenters. The number of nitrogens with two attached hydrogens (primary N) is 5. The number of carboxylic acids is 2. The minimum absolute atomic E-state index is 0.0414. The van der Waals surface area contributed by atoms with E-state index in [1.165, 1.54) is 44.5 Å². The van der Waals surface area contributed by atoms with Gasteiger partial charge in [-0.1, -0.05) is 78.3 Å². The Morgan fingerprint density at radius 1 is 0.424 bits per heavy atom. The predicted molar refractivity (Wildman–Crippen MR) is 444 cm³/mol. The fraction of sp³-hybridized carbons (Fsp3) is 0.558. The molecule has 48 nitrogen and oxygen atoms in total. The monoisotopic (exact) mass is 1760 g/mol. The number of aromatic amines is 3. The third-order valence-electron chi connectivity index (χ3n) is 19.1. The topological polar surface area (TPSA) is 788 Å². The van der Waals surface area contributed by atoms with Crippen molar-refractivity contribution in [1.82, 2.24) is 110 Å². The summed E-state index contributed by atoms with van der Waals surface area (Å²) in [6, 6.07) is -15.1. The molecule has 0 aliphatic heterocycles. The molecule has 3 aromatic heterocycles. The molecule has 0 fully saturated rings. The van der Waals surface area contributed by atoms with Gasteiger partial charge in [0.25, 0.3) is 0 Å². The standard InChI is InChI=1S/C77H119N27O21/c1-8-40(6)62(104-64(113)41(7)79)76(125)102-56(29-61(110)111)74(123)100-54(27-58(80)106)72(121)99-52(25-44-31-85-36-90-44)70(119)94-47(18-14-20-87-77(82)83)67(116)103-57(34-105)75(124)96-50(23-42-15-10-9-11-16-42)69(118)98-53(26-45-32-86-37-91-45)71(120)101-55(28-60(108)109)73(122)93-46(17-12-13-19-78)66(115)97-51(24-43-30-84-35-89-43)65(114)88-33-59(107)92-49(22-39(4)5)68(117)95-48(63(81)112)21-38(2)3/h9-11,15-16,30-32,35-41,46-57,62,105H,8,12-14,17-29,33-34,78-79H2,1-7H3,(H2,80,106)(H2,81,112)(H,84,89)(H,85,90)(H,86,91)(H,88,114)(H,92,107)(H,93,122)(H,94,119)(H,95,117)(H,96,124)(H,97,115)(H,98,118)(H,99,121)(H,100,123)(H,101,120)(H,102,125)(H,103,116)(H,104,113)(H,108,109)(H,110,111)(H4,82,83,87)/t40-,41-,46-,47-,48-,49-,50-,51-,52-,53-,54-,55-,56-,57-,62-/m0/s1. The molecule has 125 heavy (non-hydrogen) atoms. The minimum Gasteiger partial charge on any atom is -0.481 e. The van der Waals surface area contributed by atoms with Crippen molar-refractivity contribution in [2.75, 3.05) is 26.2 Å². The Kier molecular flexibility index (Phi) is 44.3. The Bertz CT molecular complexity index is 4270. The van der Waals surface area contributed by atoms with Crippen LogP contribution in [-0.4, -0.2) is 268 Å². The average Bonchev–Trinajstić information content (AvgIpc) is 1.60. The summed E-state index contributed by atoms with van der Waals surface area (Å²) >= 11 is 0. The first-order valence-electron chi connectivity index (χ1n) is 40.5. The quantitative estimate of drug-likeness (QED) is 0.0111. The maximum atomic E-state index is 14.9. The van der Waals surface area contributed by atoms with E-state index in [4.69, 9.17) is 34.1 Å². The van der Waals surface area contributed by atoms with Crippen molar-refractivity contribution in [2.45, 2.75) is 229 Å². The number of aliphatic hydroxyl groups is 1. The second kappa shape index (κ2) is 53.4. The van der Waals surface area contributed by atoms with E-state index in [1.807, 2.05) is 13.8 Å². The van der Waals surface area contributed by atoms with Crippen LogP contribution in [0.15, 0.2) is 67.9 Å². The first kappa shape index (κ1) is 104. The number of aliphatic hydroxyl groups excluding tert-OH is 1. The van der Waals surface area contributed by atoms with E-state index in [-0.39, 0.29) is 99.8 Å². The number of benzene rings is 1. The molecule has 0 aliphatic rings. The summed E-state index contributed by atoms with van der Waals surface area (Å²) in [7, 11) is 0. The number of H-pyrrole nitrogens is 3. The highest BCUT2D eigenvalue weighted by Crippen LogP contribution is 2.15. The van der Waals surface area contributed by atoms with Crippen molar-refractivity contribution in [1.29, 1.82) is 5.41 Å². The molecule has 15 atom stereocenters. The maximum Gasteiger partial charge on any atom is 0.305 e. The van der Waals surface area contributed by atoms with Crippen molar-refractivity contribution in [3.63, 3.8) is 0 Å². The van der Waals surface area contributed by atoms with Gasteiger partial charge < -0.3 is 139 Å². The van der Waals surface area contributed by atoms with Crippen LogP contribution in [0.1, 0.15) is 142 Å². The van der Waals surface area contributed by atoms with E-state index in [9.17, 15) is 102 Å². The molecule has 0 saturated heterocycles. The average molecular weight is 1760 g/mol. The minimum atomic E-state index is -2.05. The summed E-state index contributed by atoms with van der Waals surface area (Å²) in [5.41, 5.74) is 28.9. The highest BCUT2D eigenvalue weighted by molar-refractivity contribution is 6.02. The van der Waals surface area contributed by atoms with Gasteiger partial charge in [0.2, 0.25) is 94.5 Å². The highest BCUT2D eigenvalue weighted by atomic mass is 16.4. The lowest BCUT2D eigenvalue weighted by atomic mass is 9.97. The van der Waals surface area contributed by atoms with E-state index in [0.717, 1.165) is 0 Å². The number of nitrogens with zero attached hydrogens (tertiary/aromatic N) is 3. The zero-order valence-electron chi connectivity index (χ0n) is 70.5. The fourth-order valence-corrected chi connectivity index (χ4v) is 12.4. The molecule has 1 aromatic carbocycles. The van der Waals surface area contributed by atoms with Crippen molar-refractivity contribution >= 4 is 112 Å². The third kappa shape index (κ3) is 38.2. The summed E-state index contributed by atoms with van der Waals surface area (Å²) in [4.78, 5) is 268. The molecule has 16 amide bonds. The molecule has 48 heteroatoms. The van der Waals surface area contributed by atoms with E-state index in [1.54, 1.807) is 58.0 Å². The van der Waals surface area contributed by atoms with Crippen LogP contribution in [0.4, 0.5) is 0 Å². The summed E-state index contributed by atoms with van der Waals surface area (Å²) < 4.78 is 0. The second-order valence-electron chi connectivity index (χ2n) is 30.6. The van der Waals surface area contributed by atoms with Crippen LogP contribution >= 0.6 is 0 Å². The number of carbonyl (C=O) groups excluding carboxylic acids is 16. The Hall–Kier alpha value is -13.5. The van der Waals surface area contributed by atoms with Gasteiger partial charge in [0.1, 0.15) is 78.5 Å². The zero-order valence-corrected chi connectivity index (χ0v) is 70.5. The first-order chi connectivity index (χ1) is 59.1. The van der Waals surface area contributed by atoms with Crippen LogP contribution in [0, 0.1) is 23.2 Å². The van der Waals surface area contributed by atoms with Crippen molar-refractivity contribution in [2.24, 2.45) is 46.4 Å². The van der Waals surface area contributed by atoms with Crippen LogP contribution < -0.4 is 108 Å². The SMILES string of the molecule is CC[C@H](C)[C@H](NC(=O)[C@H](C)N)C(=O)N[C@@H](CC(=O)O)C(=O)N[C@@H](CC(N)=O)C(=O)N[C@@H](Cc1c[nH]cn1)C(=O)N[C@@H](CCCNC(=N)N)C(=O)N[C@@H](CO)C(=O)N[C@@H](Cc1ccccc1)C(=O)N[C@@H](Cc1c[nH]cn1)C(=O)N[C@@H](CC(=O)O)C(=O)N[C@@H](CCCCN)C(=O)N[C@@H](Cc1c[nH]cn1)C(=O)NCC(=O)N[C@@H](CC(C)C)C(=O)N[C@@H](CC(C)C)C(N)=O. The number of primary amides is 2. The number of unbranched alkanes of at least 4 members (excludes halogenated alkanes) is 1. The third-order valence-corrected chi connectivity index (χ3v) is 19.1. The van der Waals surface area contributed by atoms with E-state index in [0.29, 0.717) is 12.0 Å². The Labute approximate surface area is 718 Å². The van der Waals surface area contributed by atoms with Crippen LogP contribution in [0.25, 0.3) is 0 Å².